The molecule has 5 nitrogen and oxygen atoms in total. The van der Waals surface area contributed by atoms with E-state index in [1.165, 1.54) is 0 Å². The Morgan fingerprint density at radius 2 is 2.05 bits per heavy atom. The minimum atomic E-state index is -0.880. The average Bonchev–Trinajstić information content (AvgIpc) is 2.95. The van der Waals surface area contributed by atoms with E-state index in [0.29, 0.717) is 12.2 Å². The molecule has 2 N–H and O–H groups in total. The molecule has 112 valence electrons. The van der Waals surface area contributed by atoms with Crippen LogP contribution in [0.2, 0.25) is 0 Å². The highest BCUT2D eigenvalue weighted by molar-refractivity contribution is 5.93. The number of carbonyl (C=O) groups excluding carboxylic acids is 1. The maximum atomic E-state index is 12.6. The van der Waals surface area contributed by atoms with Crippen LogP contribution in [-0.4, -0.2) is 44.3 Å². The first kappa shape index (κ1) is 15.0. The fourth-order valence-corrected chi connectivity index (χ4v) is 2.71. The standard InChI is InChI=1S/C15H25N3O2/c1-14(2,3)11-9-10(16-17-11)13(19)18-8-6-7-12(18)15(4,5)20/h9,12,20H,6-8H2,1-5H3,(H,16,17). The van der Waals surface area contributed by atoms with Crippen molar-refractivity contribution in [3.05, 3.63) is 17.5 Å². The number of H-pyrrole nitrogens is 1. The normalized spacial score (nSPS) is 20.5. The van der Waals surface area contributed by atoms with Crippen LogP contribution in [0.25, 0.3) is 0 Å². The third-order valence-corrected chi connectivity index (χ3v) is 3.93. The Hall–Kier alpha value is -1.36. The summed E-state index contributed by atoms with van der Waals surface area (Å²) in [5.74, 6) is -0.0959. The molecule has 1 amide bonds. The molecule has 20 heavy (non-hydrogen) atoms. The number of aromatic nitrogens is 2. The lowest BCUT2D eigenvalue weighted by atomic mass is 9.92. The van der Waals surface area contributed by atoms with Crippen LogP contribution in [0.5, 0.6) is 0 Å². The van der Waals surface area contributed by atoms with Gasteiger partial charge in [-0.1, -0.05) is 20.8 Å². The van der Waals surface area contributed by atoms with Gasteiger partial charge in [0, 0.05) is 17.7 Å². The van der Waals surface area contributed by atoms with Gasteiger partial charge in [-0.2, -0.15) is 5.10 Å². The third kappa shape index (κ3) is 2.87. The van der Waals surface area contributed by atoms with Gasteiger partial charge in [0.2, 0.25) is 0 Å². The molecular formula is C15H25N3O2. The van der Waals surface area contributed by atoms with E-state index in [0.717, 1.165) is 18.5 Å². The van der Waals surface area contributed by atoms with E-state index in [9.17, 15) is 9.90 Å². The minimum Gasteiger partial charge on any atom is -0.388 e. The van der Waals surface area contributed by atoms with Gasteiger partial charge in [-0.15, -0.1) is 0 Å². The number of amides is 1. The molecule has 2 heterocycles. The molecule has 1 aromatic rings. The van der Waals surface area contributed by atoms with Crippen molar-refractivity contribution in [3.63, 3.8) is 0 Å². The van der Waals surface area contributed by atoms with Gasteiger partial charge in [0.15, 0.2) is 0 Å². The molecule has 1 atom stereocenters. The van der Waals surface area contributed by atoms with Gasteiger partial charge in [0.1, 0.15) is 5.69 Å². The molecule has 0 aliphatic carbocycles. The first-order valence-corrected chi connectivity index (χ1v) is 7.20. The van der Waals surface area contributed by atoms with Crippen LogP contribution < -0.4 is 0 Å². The minimum absolute atomic E-state index is 0.0633. The highest BCUT2D eigenvalue weighted by Gasteiger charge is 2.39. The monoisotopic (exact) mass is 279 g/mol. The van der Waals surface area contributed by atoms with Gasteiger partial charge in [0.25, 0.3) is 5.91 Å². The van der Waals surface area contributed by atoms with Crippen molar-refractivity contribution in [2.75, 3.05) is 6.54 Å². The number of rotatable bonds is 2. The Bertz CT molecular complexity index is 494. The number of hydrogen-bond acceptors (Lipinski definition) is 3. The second-order valence-electron chi connectivity index (χ2n) is 7.23. The molecule has 0 aromatic carbocycles. The predicted octanol–water partition coefficient (Wildman–Crippen LogP) is 2.08. The summed E-state index contributed by atoms with van der Waals surface area (Å²) in [6.07, 6.45) is 1.77. The van der Waals surface area contributed by atoms with E-state index in [1.54, 1.807) is 18.7 Å². The Balaban J connectivity index is 2.21. The summed E-state index contributed by atoms with van der Waals surface area (Å²) in [4.78, 5) is 14.3. The molecule has 1 fully saturated rings. The highest BCUT2D eigenvalue weighted by Crippen LogP contribution is 2.28. The molecule has 0 spiro atoms. The quantitative estimate of drug-likeness (QED) is 0.871. The van der Waals surface area contributed by atoms with Gasteiger partial charge in [-0.25, -0.2) is 0 Å². The topological polar surface area (TPSA) is 69.2 Å². The van der Waals surface area contributed by atoms with Crippen LogP contribution in [0.3, 0.4) is 0 Å². The van der Waals surface area contributed by atoms with Crippen molar-refractivity contribution in [1.29, 1.82) is 0 Å². The van der Waals surface area contributed by atoms with Crippen LogP contribution in [0, 0.1) is 0 Å². The zero-order chi connectivity index (χ0) is 15.1. The van der Waals surface area contributed by atoms with E-state index in [1.807, 2.05) is 6.07 Å². The second-order valence-corrected chi connectivity index (χ2v) is 7.23. The molecule has 1 aliphatic heterocycles. The Morgan fingerprint density at radius 3 is 2.55 bits per heavy atom. The lowest BCUT2D eigenvalue weighted by Gasteiger charge is -2.33. The summed E-state index contributed by atoms with van der Waals surface area (Å²) >= 11 is 0. The van der Waals surface area contributed by atoms with E-state index in [2.05, 4.69) is 31.0 Å². The first-order valence-electron chi connectivity index (χ1n) is 7.20. The lowest BCUT2D eigenvalue weighted by molar-refractivity contribution is 0.000116. The van der Waals surface area contributed by atoms with Crippen molar-refractivity contribution < 1.29 is 9.90 Å². The molecule has 5 heteroatoms. The summed E-state index contributed by atoms with van der Waals surface area (Å²) in [6, 6.07) is 1.69. The summed E-state index contributed by atoms with van der Waals surface area (Å²) in [5.41, 5.74) is 0.438. The molecule has 2 rings (SSSR count). The fourth-order valence-electron chi connectivity index (χ4n) is 2.71. The van der Waals surface area contributed by atoms with E-state index in [-0.39, 0.29) is 17.4 Å². The first-order chi connectivity index (χ1) is 9.10. The summed E-state index contributed by atoms with van der Waals surface area (Å²) < 4.78 is 0. The highest BCUT2D eigenvalue weighted by atomic mass is 16.3. The Labute approximate surface area is 120 Å². The van der Waals surface area contributed by atoms with E-state index >= 15 is 0 Å². The average molecular weight is 279 g/mol. The maximum Gasteiger partial charge on any atom is 0.274 e. The zero-order valence-corrected chi connectivity index (χ0v) is 13.0. The van der Waals surface area contributed by atoms with Crippen LogP contribution in [-0.2, 0) is 5.41 Å². The van der Waals surface area contributed by atoms with Crippen LogP contribution >= 0.6 is 0 Å². The largest absolute Gasteiger partial charge is 0.388 e. The number of nitrogens with one attached hydrogen (secondary N) is 1. The molecule has 1 aliphatic rings. The zero-order valence-electron chi connectivity index (χ0n) is 13.0. The van der Waals surface area contributed by atoms with Crippen molar-refractivity contribution in [1.82, 2.24) is 15.1 Å². The van der Waals surface area contributed by atoms with E-state index < -0.39 is 5.60 Å². The SMILES string of the molecule is CC(C)(C)c1cc(C(=O)N2CCCC2C(C)(C)O)n[nH]1. The van der Waals surface area contributed by atoms with Gasteiger partial charge >= 0.3 is 0 Å². The van der Waals surface area contributed by atoms with Crippen LogP contribution in [0.1, 0.15) is 63.6 Å². The molecule has 1 saturated heterocycles. The van der Waals surface area contributed by atoms with Crippen molar-refractivity contribution in [2.24, 2.45) is 0 Å². The number of carbonyl (C=O) groups is 1. The van der Waals surface area contributed by atoms with Gasteiger partial charge < -0.3 is 10.0 Å². The fraction of sp³-hybridized carbons (Fsp3) is 0.733. The molecular weight excluding hydrogens is 254 g/mol. The van der Waals surface area contributed by atoms with Crippen molar-refractivity contribution >= 4 is 5.91 Å². The second kappa shape index (κ2) is 4.88. The third-order valence-electron chi connectivity index (χ3n) is 3.93. The molecule has 1 aromatic heterocycles. The Kier molecular flexibility index (Phi) is 3.67. The summed E-state index contributed by atoms with van der Waals surface area (Å²) in [6.45, 7) is 10.4. The van der Waals surface area contributed by atoms with Crippen molar-refractivity contribution in [3.8, 4) is 0 Å². The molecule has 0 bridgehead atoms. The molecule has 0 radical (unpaired) electrons. The van der Waals surface area contributed by atoms with Crippen molar-refractivity contribution in [2.45, 2.75) is 64.5 Å². The summed E-state index contributed by atoms with van der Waals surface area (Å²) in [5, 5.41) is 17.3. The summed E-state index contributed by atoms with van der Waals surface area (Å²) in [7, 11) is 0. The van der Waals surface area contributed by atoms with Crippen LogP contribution in [0.15, 0.2) is 6.07 Å². The maximum absolute atomic E-state index is 12.6. The van der Waals surface area contributed by atoms with Gasteiger partial charge in [-0.05, 0) is 32.8 Å². The number of likely N-dealkylation sites (tertiary alicyclic amines) is 1. The molecule has 0 saturated carbocycles. The molecule has 1 unspecified atom stereocenters. The van der Waals surface area contributed by atoms with E-state index in [4.69, 9.17) is 0 Å². The smallest absolute Gasteiger partial charge is 0.274 e. The van der Waals surface area contributed by atoms with Gasteiger partial charge in [-0.3, -0.25) is 9.89 Å². The number of aliphatic hydroxyl groups is 1. The van der Waals surface area contributed by atoms with Gasteiger partial charge in [0.05, 0.1) is 11.6 Å². The lowest BCUT2D eigenvalue weighted by Crippen LogP contribution is -2.48. The Morgan fingerprint density at radius 1 is 1.40 bits per heavy atom. The van der Waals surface area contributed by atoms with Crippen LogP contribution in [0.4, 0.5) is 0 Å². The number of hydrogen-bond donors (Lipinski definition) is 2. The number of nitrogens with zero attached hydrogens (tertiary/aromatic N) is 2. The predicted molar refractivity (Wildman–Crippen MR) is 77.6 cm³/mol. The number of aromatic amines is 1.